The molecule has 0 amide bonds. The highest BCUT2D eigenvalue weighted by atomic mass is 16.5. The van der Waals surface area contributed by atoms with Crippen LogP contribution in [0.3, 0.4) is 0 Å². The second kappa shape index (κ2) is 13.1. The van der Waals surface area contributed by atoms with Crippen LogP contribution in [0.4, 0.5) is 11.6 Å². The summed E-state index contributed by atoms with van der Waals surface area (Å²) in [4.78, 5) is 9.45. The number of fused-ring (bicyclic) bond motifs is 1. The highest BCUT2D eigenvalue weighted by molar-refractivity contribution is 5.83. The van der Waals surface area contributed by atoms with Crippen LogP contribution in [0, 0.1) is 0 Å². The van der Waals surface area contributed by atoms with Gasteiger partial charge in [-0.05, 0) is 32.3 Å². The third-order valence-corrected chi connectivity index (χ3v) is 6.26. The van der Waals surface area contributed by atoms with E-state index in [0.29, 0.717) is 24.9 Å². The van der Waals surface area contributed by atoms with E-state index < -0.39 is 0 Å². The van der Waals surface area contributed by atoms with Crippen molar-refractivity contribution < 1.29 is 4.74 Å². The Kier molecular flexibility index (Phi) is 9.87. The summed E-state index contributed by atoms with van der Waals surface area (Å²) in [6, 6.07) is 4.13. The quantitative estimate of drug-likeness (QED) is 0.303. The van der Waals surface area contributed by atoms with Gasteiger partial charge in [0, 0.05) is 49.9 Å². The molecule has 0 spiro atoms. The number of aromatic nitrogens is 3. The minimum atomic E-state index is 0.423. The second-order valence-corrected chi connectivity index (χ2v) is 9.00. The summed E-state index contributed by atoms with van der Waals surface area (Å²) in [6.07, 6.45) is 7.53. The summed E-state index contributed by atoms with van der Waals surface area (Å²) >= 11 is 0. The molecule has 194 valence electrons. The Hall–Kier alpha value is -3.39. The largest absolute Gasteiger partial charge is 0.378 e. The second-order valence-electron chi connectivity index (χ2n) is 9.00. The first-order valence-corrected chi connectivity index (χ1v) is 12.9. The van der Waals surface area contributed by atoms with Crippen molar-refractivity contribution in [1.82, 2.24) is 19.5 Å². The zero-order valence-electron chi connectivity index (χ0n) is 22.3. The lowest BCUT2D eigenvalue weighted by molar-refractivity contribution is 0.122. The maximum atomic E-state index is 5.57. The molecule has 0 radical (unpaired) electrons. The molecule has 0 atom stereocenters. The molecule has 2 aromatic rings. The molecule has 2 aliphatic heterocycles. The number of ether oxygens (including phenoxy) is 1. The number of hydrogen-bond acceptors (Lipinski definition) is 7. The normalized spacial score (nSPS) is 17.2. The summed E-state index contributed by atoms with van der Waals surface area (Å²) in [5.74, 6) is 2.09. The van der Waals surface area contributed by atoms with E-state index in [9.17, 15) is 0 Å². The van der Waals surface area contributed by atoms with E-state index in [1.807, 2.05) is 37.4 Å². The topological polar surface area (TPSA) is 70.3 Å². The van der Waals surface area contributed by atoms with Crippen LogP contribution in [0.2, 0.25) is 0 Å². The first kappa shape index (κ1) is 27.2. The number of hydrogen-bond donors (Lipinski definition) is 1. The van der Waals surface area contributed by atoms with Gasteiger partial charge < -0.3 is 14.5 Å². The first-order chi connectivity index (χ1) is 17.4. The van der Waals surface area contributed by atoms with Crippen LogP contribution in [0.1, 0.15) is 52.1 Å². The molecule has 2 fully saturated rings. The van der Waals surface area contributed by atoms with Gasteiger partial charge in [-0.25, -0.2) is 4.98 Å². The van der Waals surface area contributed by atoms with Crippen LogP contribution >= 0.6 is 0 Å². The van der Waals surface area contributed by atoms with Crippen molar-refractivity contribution in [2.45, 2.75) is 46.5 Å². The van der Waals surface area contributed by atoms with Gasteiger partial charge in [0.1, 0.15) is 5.82 Å². The van der Waals surface area contributed by atoms with E-state index in [1.165, 1.54) is 0 Å². The van der Waals surface area contributed by atoms with Crippen LogP contribution in [0.15, 0.2) is 66.0 Å². The van der Waals surface area contributed by atoms with Crippen molar-refractivity contribution in [3.05, 3.63) is 66.6 Å². The highest BCUT2D eigenvalue weighted by Gasteiger charge is 2.24. The Morgan fingerprint density at radius 1 is 1.11 bits per heavy atom. The van der Waals surface area contributed by atoms with Gasteiger partial charge in [0.2, 0.25) is 0 Å². The smallest absolute Gasteiger partial charge is 0.160 e. The molecule has 4 rings (SSSR count). The molecular weight excluding hydrogens is 450 g/mol. The fraction of sp³-hybridized carbons (Fsp3) is 0.464. The minimum Gasteiger partial charge on any atom is -0.378 e. The molecule has 2 saturated heterocycles. The van der Waals surface area contributed by atoms with Crippen LogP contribution in [-0.4, -0.2) is 65.1 Å². The van der Waals surface area contributed by atoms with E-state index >= 15 is 0 Å². The van der Waals surface area contributed by atoms with E-state index in [4.69, 9.17) is 14.8 Å². The minimum absolute atomic E-state index is 0.423. The average molecular weight is 492 g/mol. The molecule has 0 bridgehead atoms. The molecule has 8 nitrogen and oxygen atoms in total. The summed E-state index contributed by atoms with van der Waals surface area (Å²) in [5.41, 5.74) is 7.96. The molecule has 0 aromatic carbocycles. The number of allylic oxidation sites excluding steroid dienone is 5. The number of piperidine rings is 1. The summed E-state index contributed by atoms with van der Waals surface area (Å²) < 4.78 is 7.54. The zero-order chi connectivity index (χ0) is 26.1. The Morgan fingerprint density at radius 3 is 2.42 bits per heavy atom. The Morgan fingerprint density at radius 2 is 1.81 bits per heavy atom. The number of rotatable bonds is 8. The molecule has 8 heteroatoms. The van der Waals surface area contributed by atoms with Gasteiger partial charge in [-0.1, -0.05) is 51.3 Å². The fourth-order valence-corrected chi connectivity index (χ4v) is 4.41. The molecule has 2 aliphatic rings. The molecule has 2 aromatic heterocycles. The summed E-state index contributed by atoms with van der Waals surface area (Å²) in [7, 11) is 0. The fourth-order valence-electron chi connectivity index (χ4n) is 4.41. The van der Waals surface area contributed by atoms with Crippen molar-refractivity contribution >= 4 is 23.5 Å². The number of morpholine rings is 1. The van der Waals surface area contributed by atoms with Crippen molar-refractivity contribution in [2.24, 2.45) is 5.10 Å². The molecule has 36 heavy (non-hydrogen) atoms. The lowest BCUT2D eigenvalue weighted by atomic mass is 9.93. The number of anilines is 2. The predicted octanol–water partition coefficient (Wildman–Crippen LogP) is 5.39. The van der Waals surface area contributed by atoms with E-state index in [2.05, 4.69) is 53.1 Å². The van der Waals surface area contributed by atoms with Crippen molar-refractivity contribution in [2.75, 3.05) is 49.7 Å². The standard InChI is InChI=1S/C26H35N7O.C2H6/c1-6-21(15-19(2)3)18-27-29-24-17-26(32-11-13-34-14-12-32)33-25(28-24)16-23(30-33)22-7-9-31(10-8-22)20(4)5;1-2/h6,15-18,22H,1-2,4,7-14H2,3,5H3,(H,28,29);1-2H3/b21-15+,27-18+;. The predicted molar refractivity (Wildman–Crippen MR) is 151 cm³/mol. The van der Waals surface area contributed by atoms with Crippen molar-refractivity contribution in [3.8, 4) is 0 Å². The van der Waals surface area contributed by atoms with Crippen molar-refractivity contribution in [1.29, 1.82) is 0 Å². The monoisotopic (exact) mass is 491 g/mol. The average Bonchev–Trinajstić information content (AvgIpc) is 3.33. The molecule has 0 unspecified atom stereocenters. The SMILES string of the molecule is C=CC(/C=N/Nc1cc(N2CCOCC2)n2nc(C3CCN(C(=C)C)CC3)cc2n1)=C\C(=C)C.CC. The highest BCUT2D eigenvalue weighted by Crippen LogP contribution is 2.30. The first-order valence-electron chi connectivity index (χ1n) is 12.9. The summed E-state index contributed by atoms with van der Waals surface area (Å²) in [6.45, 7) is 24.9. The van der Waals surface area contributed by atoms with Crippen LogP contribution in [0.5, 0.6) is 0 Å². The lowest BCUT2D eigenvalue weighted by Gasteiger charge is -2.33. The number of hydrazone groups is 1. The lowest BCUT2D eigenvalue weighted by Crippen LogP contribution is -2.37. The van der Waals surface area contributed by atoms with Gasteiger partial charge in [0.15, 0.2) is 11.5 Å². The van der Waals surface area contributed by atoms with Gasteiger partial charge in [0.25, 0.3) is 0 Å². The Balaban J connectivity index is 0.00000176. The van der Waals surface area contributed by atoms with E-state index in [0.717, 1.165) is 73.0 Å². The van der Waals surface area contributed by atoms with E-state index in [-0.39, 0.29) is 0 Å². The van der Waals surface area contributed by atoms with Crippen LogP contribution in [0.25, 0.3) is 5.65 Å². The number of likely N-dealkylation sites (tertiary alicyclic amines) is 1. The molecule has 0 aliphatic carbocycles. The number of nitrogens with one attached hydrogen (secondary N) is 1. The third kappa shape index (κ3) is 6.85. The maximum Gasteiger partial charge on any atom is 0.160 e. The molecule has 4 heterocycles. The van der Waals surface area contributed by atoms with Crippen LogP contribution < -0.4 is 10.3 Å². The van der Waals surface area contributed by atoms with Gasteiger partial charge in [-0.3, -0.25) is 5.43 Å². The molecule has 0 saturated carbocycles. The van der Waals surface area contributed by atoms with Crippen molar-refractivity contribution in [3.63, 3.8) is 0 Å². The summed E-state index contributed by atoms with van der Waals surface area (Å²) in [5, 5.41) is 9.39. The van der Waals surface area contributed by atoms with Gasteiger partial charge in [0.05, 0.1) is 25.1 Å². The third-order valence-electron chi connectivity index (χ3n) is 6.26. The van der Waals surface area contributed by atoms with Gasteiger partial charge in [-0.2, -0.15) is 14.7 Å². The van der Waals surface area contributed by atoms with Gasteiger partial charge in [-0.15, -0.1) is 0 Å². The molecular formula is C28H41N7O. The molecule has 1 N–H and O–H groups in total. The zero-order valence-corrected chi connectivity index (χ0v) is 22.3. The Bertz CT molecular complexity index is 1120. The maximum absolute atomic E-state index is 5.57. The van der Waals surface area contributed by atoms with Gasteiger partial charge >= 0.3 is 0 Å². The number of nitrogens with zero attached hydrogens (tertiary/aromatic N) is 6. The Labute approximate surface area is 215 Å². The van der Waals surface area contributed by atoms with Crippen LogP contribution in [-0.2, 0) is 4.74 Å². The van der Waals surface area contributed by atoms with E-state index in [1.54, 1.807) is 12.3 Å².